The van der Waals surface area contributed by atoms with Gasteiger partial charge in [0.15, 0.2) is 0 Å². The summed E-state index contributed by atoms with van der Waals surface area (Å²) in [6.45, 7) is 5.94. The number of anilines is 2. The molecule has 1 fully saturated rings. The molecule has 1 aliphatic rings. The van der Waals surface area contributed by atoms with Gasteiger partial charge in [0.2, 0.25) is 5.91 Å². The van der Waals surface area contributed by atoms with Crippen LogP contribution in [0.25, 0.3) is 0 Å². The van der Waals surface area contributed by atoms with Crippen LogP contribution in [0.4, 0.5) is 11.4 Å². The topological polar surface area (TPSA) is 79.5 Å². The predicted molar refractivity (Wildman–Crippen MR) is 90.8 cm³/mol. The fourth-order valence-electron chi connectivity index (χ4n) is 2.24. The molecule has 0 spiro atoms. The molecule has 1 aliphatic carbocycles. The van der Waals surface area contributed by atoms with Crippen LogP contribution in [0.1, 0.15) is 37.0 Å². The fourth-order valence-corrected chi connectivity index (χ4v) is 2.24. The summed E-state index contributed by atoms with van der Waals surface area (Å²) in [4.78, 5) is 23.9. The smallest absolute Gasteiger partial charge is 0.338 e. The molecule has 1 aromatic rings. The molecule has 6 nitrogen and oxygen atoms in total. The molecule has 2 rings (SSSR count). The van der Waals surface area contributed by atoms with Crippen LogP contribution >= 0.6 is 0 Å². The maximum Gasteiger partial charge on any atom is 0.338 e. The third-order valence-electron chi connectivity index (χ3n) is 3.59. The Bertz CT molecular complexity index is 556. The lowest BCUT2D eigenvalue weighted by Crippen LogP contribution is -2.29. The van der Waals surface area contributed by atoms with E-state index in [-0.39, 0.29) is 12.5 Å². The molecule has 0 aromatic heterocycles. The third kappa shape index (κ3) is 5.56. The second kappa shape index (κ2) is 8.53. The number of esters is 1. The van der Waals surface area contributed by atoms with Crippen LogP contribution in [-0.2, 0) is 9.53 Å². The first-order chi connectivity index (χ1) is 11.1. The lowest BCUT2D eigenvalue weighted by Gasteiger charge is -2.14. The minimum Gasteiger partial charge on any atom is -0.462 e. The molecule has 126 valence electrons. The summed E-state index contributed by atoms with van der Waals surface area (Å²) in [5.41, 5.74) is 1.81. The second-order valence-electron chi connectivity index (χ2n) is 5.63. The monoisotopic (exact) mass is 319 g/mol. The first kappa shape index (κ1) is 17.3. The van der Waals surface area contributed by atoms with E-state index in [9.17, 15) is 9.59 Å². The van der Waals surface area contributed by atoms with Gasteiger partial charge in [-0.05, 0) is 57.4 Å². The summed E-state index contributed by atoms with van der Waals surface area (Å²) in [5.74, 6) is 0.218. The van der Waals surface area contributed by atoms with Crippen molar-refractivity contribution in [2.45, 2.75) is 26.7 Å². The molecule has 1 amide bonds. The maximum atomic E-state index is 12.1. The van der Waals surface area contributed by atoms with E-state index >= 15 is 0 Å². The van der Waals surface area contributed by atoms with Gasteiger partial charge >= 0.3 is 5.97 Å². The normalized spacial score (nSPS) is 13.5. The van der Waals surface area contributed by atoms with Gasteiger partial charge in [-0.3, -0.25) is 4.79 Å². The minimum absolute atomic E-state index is 0.120. The van der Waals surface area contributed by atoms with E-state index in [0.29, 0.717) is 17.9 Å². The zero-order valence-electron chi connectivity index (χ0n) is 13.8. The van der Waals surface area contributed by atoms with Crippen molar-refractivity contribution in [2.75, 3.05) is 36.9 Å². The van der Waals surface area contributed by atoms with Crippen molar-refractivity contribution in [3.05, 3.63) is 23.8 Å². The van der Waals surface area contributed by atoms with Crippen molar-refractivity contribution in [2.24, 2.45) is 5.92 Å². The first-order valence-electron chi connectivity index (χ1n) is 8.19. The number of amides is 1. The largest absolute Gasteiger partial charge is 0.462 e. The van der Waals surface area contributed by atoms with Gasteiger partial charge in [-0.1, -0.05) is 0 Å². The number of rotatable bonds is 9. The Morgan fingerprint density at radius 3 is 2.65 bits per heavy atom. The molecule has 0 atom stereocenters. The van der Waals surface area contributed by atoms with E-state index in [2.05, 4.69) is 16.0 Å². The highest BCUT2D eigenvalue weighted by Gasteiger charge is 2.20. The molecule has 6 heteroatoms. The van der Waals surface area contributed by atoms with E-state index in [4.69, 9.17) is 4.74 Å². The van der Waals surface area contributed by atoms with E-state index in [0.717, 1.165) is 24.7 Å². The second-order valence-corrected chi connectivity index (χ2v) is 5.63. The van der Waals surface area contributed by atoms with Gasteiger partial charge < -0.3 is 20.7 Å². The Balaban J connectivity index is 2.01. The number of ether oxygens (including phenoxy) is 1. The standard InChI is InChI=1S/C17H25N3O3/c1-3-19-14-8-7-13(17(22)23-4-2)9-15(14)20-16(21)11-18-10-12-5-6-12/h7-9,12,18-19H,3-6,10-11H2,1-2H3,(H,20,21). The SMILES string of the molecule is CCNc1ccc(C(=O)OCC)cc1NC(=O)CNCC1CC1. The van der Waals surface area contributed by atoms with Crippen LogP contribution < -0.4 is 16.0 Å². The molecular weight excluding hydrogens is 294 g/mol. The Morgan fingerprint density at radius 1 is 1.22 bits per heavy atom. The van der Waals surface area contributed by atoms with Gasteiger partial charge in [-0.25, -0.2) is 4.79 Å². The minimum atomic E-state index is -0.391. The molecular formula is C17H25N3O3. The lowest BCUT2D eigenvalue weighted by atomic mass is 10.1. The van der Waals surface area contributed by atoms with Gasteiger partial charge in [0.25, 0.3) is 0 Å². The zero-order chi connectivity index (χ0) is 16.7. The van der Waals surface area contributed by atoms with Crippen LogP contribution in [0.2, 0.25) is 0 Å². The number of carbonyl (C=O) groups is 2. The summed E-state index contributed by atoms with van der Waals surface area (Å²) < 4.78 is 5.00. The summed E-state index contributed by atoms with van der Waals surface area (Å²) in [5, 5.41) is 9.18. The molecule has 23 heavy (non-hydrogen) atoms. The maximum absolute atomic E-state index is 12.1. The van der Waals surface area contributed by atoms with Gasteiger partial charge in [-0.15, -0.1) is 0 Å². The van der Waals surface area contributed by atoms with Gasteiger partial charge in [-0.2, -0.15) is 0 Å². The summed E-state index contributed by atoms with van der Waals surface area (Å²) >= 11 is 0. The highest BCUT2D eigenvalue weighted by molar-refractivity contribution is 5.98. The van der Waals surface area contributed by atoms with Crippen LogP contribution in [0.15, 0.2) is 18.2 Å². The van der Waals surface area contributed by atoms with Gasteiger partial charge in [0.05, 0.1) is 30.1 Å². The number of hydrogen-bond donors (Lipinski definition) is 3. The molecule has 1 aromatic carbocycles. The van der Waals surface area contributed by atoms with Crippen molar-refractivity contribution in [1.82, 2.24) is 5.32 Å². The van der Waals surface area contributed by atoms with Crippen molar-refractivity contribution in [1.29, 1.82) is 0 Å². The summed E-state index contributed by atoms with van der Waals surface area (Å²) in [7, 11) is 0. The van der Waals surface area contributed by atoms with Crippen molar-refractivity contribution in [3.63, 3.8) is 0 Å². The van der Waals surface area contributed by atoms with E-state index < -0.39 is 5.97 Å². The molecule has 0 aliphatic heterocycles. The van der Waals surface area contributed by atoms with Crippen LogP contribution in [0.3, 0.4) is 0 Å². The number of benzene rings is 1. The Hall–Kier alpha value is -2.08. The average Bonchev–Trinajstić information content (AvgIpc) is 3.33. The average molecular weight is 319 g/mol. The summed E-state index contributed by atoms with van der Waals surface area (Å²) in [6.07, 6.45) is 2.50. The van der Waals surface area contributed by atoms with Crippen molar-refractivity contribution < 1.29 is 14.3 Å². The predicted octanol–water partition coefficient (Wildman–Crippen LogP) is 2.23. The Labute approximate surface area is 137 Å². The molecule has 1 saturated carbocycles. The van der Waals surface area contributed by atoms with Crippen molar-refractivity contribution >= 4 is 23.3 Å². The molecule has 0 radical (unpaired) electrons. The lowest BCUT2D eigenvalue weighted by molar-refractivity contribution is -0.115. The van der Waals surface area contributed by atoms with Gasteiger partial charge in [0.1, 0.15) is 0 Å². The van der Waals surface area contributed by atoms with Gasteiger partial charge in [0, 0.05) is 6.54 Å². The van der Waals surface area contributed by atoms with E-state index in [1.165, 1.54) is 12.8 Å². The Morgan fingerprint density at radius 2 is 2.00 bits per heavy atom. The molecule has 3 N–H and O–H groups in total. The third-order valence-corrected chi connectivity index (χ3v) is 3.59. The van der Waals surface area contributed by atoms with Crippen molar-refractivity contribution in [3.8, 4) is 0 Å². The Kier molecular flexibility index (Phi) is 6.40. The van der Waals surface area contributed by atoms with Crippen LogP contribution in [0, 0.1) is 5.92 Å². The first-order valence-corrected chi connectivity index (χ1v) is 8.19. The van der Waals surface area contributed by atoms with Crippen LogP contribution in [0.5, 0.6) is 0 Å². The molecule has 0 saturated heterocycles. The number of hydrogen-bond acceptors (Lipinski definition) is 5. The molecule has 0 unspecified atom stereocenters. The highest BCUT2D eigenvalue weighted by Crippen LogP contribution is 2.27. The zero-order valence-corrected chi connectivity index (χ0v) is 13.8. The molecule has 0 heterocycles. The number of carbonyl (C=O) groups excluding carboxylic acids is 2. The highest BCUT2D eigenvalue weighted by atomic mass is 16.5. The molecule has 0 bridgehead atoms. The number of nitrogens with one attached hydrogen (secondary N) is 3. The van der Waals surface area contributed by atoms with E-state index in [1.54, 1.807) is 25.1 Å². The fraction of sp³-hybridized carbons (Fsp3) is 0.529. The summed E-state index contributed by atoms with van der Waals surface area (Å²) in [6, 6.07) is 5.12. The quantitative estimate of drug-likeness (QED) is 0.608. The van der Waals surface area contributed by atoms with Crippen LogP contribution in [-0.4, -0.2) is 38.1 Å². The van der Waals surface area contributed by atoms with E-state index in [1.807, 2.05) is 6.92 Å².